The van der Waals surface area contributed by atoms with E-state index in [1.54, 1.807) is 30.5 Å². The molecule has 1 heterocycles. The van der Waals surface area contributed by atoms with Crippen LogP contribution in [0.4, 0.5) is 0 Å². The third kappa shape index (κ3) is 3.94. The molecule has 0 saturated carbocycles. The van der Waals surface area contributed by atoms with Crippen molar-refractivity contribution in [2.75, 3.05) is 6.61 Å². The monoisotopic (exact) mass is 358 g/mol. The van der Waals surface area contributed by atoms with E-state index >= 15 is 0 Å². The lowest BCUT2D eigenvalue weighted by molar-refractivity contribution is 0.0955. The molecule has 0 radical (unpaired) electrons. The highest BCUT2D eigenvalue weighted by Gasteiger charge is 2.21. The van der Waals surface area contributed by atoms with Crippen molar-refractivity contribution in [3.63, 3.8) is 0 Å². The quantitative estimate of drug-likeness (QED) is 0.652. The highest BCUT2D eigenvalue weighted by atomic mass is 35.5. The van der Waals surface area contributed by atoms with Crippen LogP contribution in [-0.4, -0.2) is 24.8 Å². The number of amides is 1. The van der Waals surface area contributed by atoms with E-state index in [2.05, 4.69) is 10.5 Å². The Labute approximate surface area is 151 Å². The van der Waals surface area contributed by atoms with Crippen molar-refractivity contribution >= 4 is 23.7 Å². The highest BCUT2D eigenvalue weighted by molar-refractivity contribution is 6.33. The predicted molar refractivity (Wildman–Crippen MR) is 97.9 cm³/mol. The van der Waals surface area contributed by atoms with Crippen LogP contribution in [0.2, 0.25) is 5.02 Å². The summed E-state index contributed by atoms with van der Waals surface area (Å²) in [7, 11) is 0. The lowest BCUT2D eigenvalue weighted by atomic mass is 10.1. The third-order valence-corrected chi connectivity index (χ3v) is 4.15. The first-order chi connectivity index (χ1) is 12.1. The van der Waals surface area contributed by atoms with E-state index in [0.717, 1.165) is 29.0 Å². The molecule has 0 aliphatic carbocycles. The minimum Gasteiger partial charge on any atom is -0.493 e. The fourth-order valence-electron chi connectivity index (χ4n) is 2.70. The standard InChI is InChI=1S/C19H19ClN2O3/c1-3-24-17-9-13-8-12(2)25-18(13)10-14(17)11-21-22-19(23)15-6-4-5-7-16(15)20/h4-7,9-12H,3,8H2,1-2H3,(H,22,23)/b21-11-/t12-/m1/s1. The molecule has 0 aromatic heterocycles. The lowest BCUT2D eigenvalue weighted by Crippen LogP contribution is -2.18. The van der Waals surface area contributed by atoms with Gasteiger partial charge in [-0.3, -0.25) is 4.79 Å². The van der Waals surface area contributed by atoms with Crippen LogP contribution in [0.25, 0.3) is 0 Å². The summed E-state index contributed by atoms with van der Waals surface area (Å²) >= 11 is 6.01. The molecule has 1 aliphatic rings. The van der Waals surface area contributed by atoms with Crippen LogP contribution in [0.3, 0.4) is 0 Å². The van der Waals surface area contributed by atoms with Crippen LogP contribution in [0, 0.1) is 0 Å². The molecule has 2 aromatic rings. The second-order valence-electron chi connectivity index (χ2n) is 5.74. The zero-order chi connectivity index (χ0) is 17.8. The number of hydrogen-bond donors (Lipinski definition) is 1. The Bertz CT molecular complexity index is 820. The summed E-state index contributed by atoms with van der Waals surface area (Å²) in [6, 6.07) is 10.7. The second kappa shape index (κ2) is 7.57. The first-order valence-corrected chi connectivity index (χ1v) is 8.50. The molecule has 25 heavy (non-hydrogen) atoms. The smallest absolute Gasteiger partial charge is 0.272 e. The maximum atomic E-state index is 12.1. The summed E-state index contributed by atoms with van der Waals surface area (Å²) in [4.78, 5) is 12.1. The topological polar surface area (TPSA) is 59.9 Å². The summed E-state index contributed by atoms with van der Waals surface area (Å²) in [5, 5.41) is 4.41. The van der Waals surface area contributed by atoms with Gasteiger partial charge in [-0.25, -0.2) is 5.43 Å². The van der Waals surface area contributed by atoms with Crippen LogP contribution in [0.15, 0.2) is 41.5 Å². The van der Waals surface area contributed by atoms with Crippen molar-refractivity contribution in [1.82, 2.24) is 5.43 Å². The van der Waals surface area contributed by atoms with E-state index in [9.17, 15) is 4.79 Å². The van der Waals surface area contributed by atoms with Crippen LogP contribution >= 0.6 is 11.6 Å². The van der Waals surface area contributed by atoms with Gasteiger partial charge >= 0.3 is 0 Å². The molecule has 6 heteroatoms. The molecule has 0 fully saturated rings. The molecule has 1 N–H and O–H groups in total. The first-order valence-electron chi connectivity index (χ1n) is 8.12. The fourth-order valence-corrected chi connectivity index (χ4v) is 2.92. The first kappa shape index (κ1) is 17.3. The summed E-state index contributed by atoms with van der Waals surface area (Å²) in [6.07, 6.45) is 2.55. The van der Waals surface area contributed by atoms with Crippen molar-refractivity contribution < 1.29 is 14.3 Å². The van der Waals surface area contributed by atoms with Gasteiger partial charge in [0.05, 0.1) is 23.4 Å². The molecule has 0 spiro atoms. The van der Waals surface area contributed by atoms with E-state index in [0.29, 0.717) is 17.2 Å². The molecule has 1 atom stereocenters. The van der Waals surface area contributed by atoms with Crippen molar-refractivity contribution in [3.05, 3.63) is 58.1 Å². The molecule has 130 valence electrons. The Morgan fingerprint density at radius 1 is 1.44 bits per heavy atom. The molecule has 0 saturated heterocycles. The number of fused-ring (bicyclic) bond motifs is 1. The molecular weight excluding hydrogens is 340 g/mol. The number of nitrogens with zero attached hydrogens (tertiary/aromatic N) is 1. The zero-order valence-electron chi connectivity index (χ0n) is 14.1. The normalized spacial score (nSPS) is 15.7. The minimum atomic E-state index is -0.370. The minimum absolute atomic E-state index is 0.150. The SMILES string of the molecule is CCOc1cc2c(cc1/C=N\NC(=O)c1ccccc1Cl)O[C@H](C)C2. The Hall–Kier alpha value is -2.53. The van der Waals surface area contributed by atoms with Crippen molar-refractivity contribution in [2.24, 2.45) is 5.10 Å². The van der Waals surface area contributed by atoms with Crippen LogP contribution in [0.1, 0.15) is 35.3 Å². The number of carbonyl (C=O) groups is 1. The largest absolute Gasteiger partial charge is 0.493 e. The van der Waals surface area contributed by atoms with E-state index < -0.39 is 0 Å². The van der Waals surface area contributed by atoms with Gasteiger partial charge in [0.15, 0.2) is 0 Å². The Morgan fingerprint density at radius 3 is 3.00 bits per heavy atom. The van der Waals surface area contributed by atoms with Crippen LogP contribution < -0.4 is 14.9 Å². The highest BCUT2D eigenvalue weighted by Crippen LogP contribution is 2.34. The Morgan fingerprint density at radius 2 is 2.24 bits per heavy atom. The summed E-state index contributed by atoms with van der Waals surface area (Å²) < 4.78 is 11.4. The maximum Gasteiger partial charge on any atom is 0.272 e. The molecule has 1 aliphatic heterocycles. The lowest BCUT2D eigenvalue weighted by Gasteiger charge is -2.09. The van der Waals surface area contributed by atoms with Gasteiger partial charge in [0.2, 0.25) is 0 Å². The molecule has 3 rings (SSSR count). The zero-order valence-corrected chi connectivity index (χ0v) is 14.8. The molecule has 0 unspecified atom stereocenters. The van der Waals surface area contributed by atoms with E-state index in [4.69, 9.17) is 21.1 Å². The molecule has 0 bridgehead atoms. The number of ether oxygens (including phenoxy) is 2. The van der Waals surface area contributed by atoms with Crippen molar-refractivity contribution in [2.45, 2.75) is 26.4 Å². The maximum absolute atomic E-state index is 12.1. The Balaban J connectivity index is 1.78. The summed E-state index contributed by atoms with van der Waals surface area (Å²) in [5.41, 5.74) is 4.72. The number of carbonyl (C=O) groups excluding carboxylic acids is 1. The average molecular weight is 359 g/mol. The van der Waals surface area contributed by atoms with Gasteiger partial charge in [-0.15, -0.1) is 0 Å². The van der Waals surface area contributed by atoms with E-state index in [-0.39, 0.29) is 12.0 Å². The number of halogens is 1. The number of rotatable bonds is 5. The number of nitrogens with one attached hydrogen (secondary N) is 1. The van der Waals surface area contributed by atoms with Gasteiger partial charge in [-0.1, -0.05) is 23.7 Å². The Kier molecular flexibility index (Phi) is 5.24. The predicted octanol–water partition coefficient (Wildman–Crippen LogP) is 3.83. The van der Waals surface area contributed by atoms with Gasteiger partial charge in [-0.05, 0) is 38.1 Å². The van der Waals surface area contributed by atoms with Crippen LogP contribution in [0.5, 0.6) is 11.5 Å². The van der Waals surface area contributed by atoms with Crippen molar-refractivity contribution in [3.8, 4) is 11.5 Å². The van der Waals surface area contributed by atoms with Crippen LogP contribution in [-0.2, 0) is 6.42 Å². The van der Waals surface area contributed by atoms with Gasteiger partial charge < -0.3 is 9.47 Å². The number of benzene rings is 2. The number of hydrazone groups is 1. The summed E-state index contributed by atoms with van der Waals surface area (Å²) in [6.45, 7) is 4.49. The van der Waals surface area contributed by atoms with Gasteiger partial charge in [-0.2, -0.15) is 5.10 Å². The third-order valence-electron chi connectivity index (χ3n) is 3.82. The van der Waals surface area contributed by atoms with E-state index in [1.165, 1.54) is 0 Å². The molecule has 2 aromatic carbocycles. The summed E-state index contributed by atoms with van der Waals surface area (Å²) in [5.74, 6) is 1.18. The molecular formula is C19H19ClN2O3. The average Bonchev–Trinajstić information content (AvgIpc) is 2.94. The molecule has 5 nitrogen and oxygen atoms in total. The number of hydrogen-bond acceptors (Lipinski definition) is 4. The van der Waals surface area contributed by atoms with Gasteiger partial charge in [0, 0.05) is 17.5 Å². The second-order valence-corrected chi connectivity index (χ2v) is 6.15. The van der Waals surface area contributed by atoms with E-state index in [1.807, 2.05) is 26.0 Å². The van der Waals surface area contributed by atoms with Crippen molar-refractivity contribution in [1.29, 1.82) is 0 Å². The molecule has 1 amide bonds. The van der Waals surface area contributed by atoms with Gasteiger partial charge in [0.25, 0.3) is 5.91 Å². The fraction of sp³-hybridized carbons (Fsp3) is 0.263. The van der Waals surface area contributed by atoms with Gasteiger partial charge in [0.1, 0.15) is 17.6 Å².